The van der Waals surface area contributed by atoms with Crippen LogP contribution in [0.15, 0.2) is 30.3 Å². The summed E-state index contributed by atoms with van der Waals surface area (Å²) in [6.07, 6.45) is -5.26. The molecule has 1 N–H and O–H groups in total. The minimum atomic E-state index is -4.54. The molecule has 2 amide bonds. The number of benzene rings is 1. The zero-order valence-electron chi connectivity index (χ0n) is 18.8. The Balaban J connectivity index is 1.53. The Kier molecular flexibility index (Phi) is 6.58. The first-order valence-corrected chi connectivity index (χ1v) is 11.0. The number of halogens is 3. The topological polar surface area (TPSA) is 88.9 Å². The summed E-state index contributed by atoms with van der Waals surface area (Å²) < 4.78 is 52.7. The van der Waals surface area contributed by atoms with Crippen LogP contribution < -0.4 is 10.1 Å². The Labute approximate surface area is 194 Å². The predicted molar refractivity (Wildman–Crippen MR) is 116 cm³/mol. The van der Waals surface area contributed by atoms with Crippen LogP contribution in [0.4, 0.5) is 23.8 Å². The Morgan fingerprint density at radius 2 is 1.76 bits per heavy atom. The van der Waals surface area contributed by atoms with Gasteiger partial charge in [-0.3, -0.25) is 4.79 Å². The van der Waals surface area contributed by atoms with Crippen LogP contribution >= 0.6 is 0 Å². The second-order valence-electron chi connectivity index (χ2n) is 8.10. The number of hydrogen-bond donors (Lipinski definition) is 1. The maximum Gasteiger partial charge on any atom is 0.410 e. The van der Waals surface area contributed by atoms with E-state index in [0.717, 1.165) is 4.68 Å². The molecule has 2 aromatic rings. The van der Waals surface area contributed by atoms with Gasteiger partial charge in [-0.05, 0) is 24.6 Å². The molecule has 2 aliphatic rings. The normalized spacial score (nSPS) is 20.4. The lowest BCUT2D eigenvalue weighted by Crippen LogP contribution is -2.50. The van der Waals surface area contributed by atoms with Gasteiger partial charge in [-0.1, -0.05) is 12.1 Å². The van der Waals surface area contributed by atoms with Crippen LogP contribution in [0.2, 0.25) is 0 Å². The summed E-state index contributed by atoms with van der Waals surface area (Å²) in [7, 11) is 1.52. The molecule has 12 heteroatoms. The molecule has 1 saturated heterocycles. The van der Waals surface area contributed by atoms with E-state index < -0.39 is 30.3 Å². The molecule has 4 rings (SSSR count). The van der Waals surface area contributed by atoms with Crippen LogP contribution in [-0.2, 0) is 4.74 Å². The second kappa shape index (κ2) is 9.43. The lowest BCUT2D eigenvalue weighted by atomic mass is 9.97. The van der Waals surface area contributed by atoms with Crippen molar-refractivity contribution in [1.82, 2.24) is 19.6 Å². The predicted octanol–water partition coefficient (Wildman–Crippen LogP) is 3.47. The van der Waals surface area contributed by atoms with Gasteiger partial charge in [-0.25, -0.2) is 9.48 Å². The zero-order valence-corrected chi connectivity index (χ0v) is 18.8. The summed E-state index contributed by atoms with van der Waals surface area (Å²) in [6.45, 7) is 3.00. The first-order chi connectivity index (χ1) is 16.2. The molecular weight excluding hydrogens is 455 g/mol. The van der Waals surface area contributed by atoms with Crippen LogP contribution in [0.25, 0.3) is 0 Å². The third-order valence-electron chi connectivity index (χ3n) is 6.02. The zero-order chi connectivity index (χ0) is 24.5. The minimum absolute atomic E-state index is 0.0725. The second-order valence-corrected chi connectivity index (χ2v) is 8.10. The van der Waals surface area contributed by atoms with Crippen molar-refractivity contribution >= 4 is 17.8 Å². The summed E-state index contributed by atoms with van der Waals surface area (Å²) in [5.41, 5.74) is 0.599. The van der Waals surface area contributed by atoms with Gasteiger partial charge in [-0.2, -0.15) is 18.3 Å². The van der Waals surface area contributed by atoms with Gasteiger partial charge in [0.05, 0.1) is 19.8 Å². The number of ether oxygens (including phenoxy) is 2. The number of alkyl halides is 3. The number of nitrogens with one attached hydrogen (secondary N) is 1. The molecule has 9 nitrogen and oxygen atoms in total. The lowest BCUT2D eigenvalue weighted by Gasteiger charge is -2.33. The lowest BCUT2D eigenvalue weighted by molar-refractivity contribution is -0.173. The highest BCUT2D eigenvalue weighted by Crippen LogP contribution is 2.43. The van der Waals surface area contributed by atoms with Gasteiger partial charge in [0, 0.05) is 38.7 Å². The van der Waals surface area contributed by atoms with Gasteiger partial charge in [0.25, 0.3) is 5.91 Å². The highest BCUT2D eigenvalue weighted by Gasteiger charge is 2.47. The molecule has 1 aromatic heterocycles. The molecule has 0 bridgehead atoms. The number of rotatable bonds is 4. The molecule has 0 radical (unpaired) electrons. The first kappa shape index (κ1) is 23.7. The fourth-order valence-electron chi connectivity index (χ4n) is 4.20. The number of fused-ring (bicyclic) bond motifs is 1. The standard InChI is InChI=1S/C22H26F3N5O4/c1-3-34-21(32)29-10-8-28(9-11-29)20(31)17-13-19-26-16(14-4-6-15(33-2)7-5-14)12-18(22(23,24)25)30(19)27-17/h4-7,13,16,18,26H,3,8-12H2,1-2H3/t16-,18+/m0/s1. The van der Waals surface area contributed by atoms with Crippen molar-refractivity contribution in [3.05, 3.63) is 41.6 Å². The third kappa shape index (κ3) is 4.75. The van der Waals surface area contributed by atoms with E-state index in [9.17, 15) is 22.8 Å². The monoisotopic (exact) mass is 481 g/mol. The van der Waals surface area contributed by atoms with E-state index in [4.69, 9.17) is 9.47 Å². The maximum atomic E-state index is 13.9. The number of nitrogens with zero attached hydrogens (tertiary/aromatic N) is 4. The summed E-state index contributed by atoms with van der Waals surface area (Å²) in [5.74, 6) is 0.255. The average molecular weight is 481 g/mol. The molecule has 0 aliphatic carbocycles. The quantitative estimate of drug-likeness (QED) is 0.720. The van der Waals surface area contributed by atoms with E-state index in [0.29, 0.717) is 11.3 Å². The van der Waals surface area contributed by atoms with Crippen molar-refractivity contribution < 1.29 is 32.2 Å². The van der Waals surface area contributed by atoms with E-state index in [2.05, 4.69) is 10.4 Å². The van der Waals surface area contributed by atoms with E-state index in [1.807, 2.05) is 0 Å². The van der Waals surface area contributed by atoms with E-state index >= 15 is 0 Å². The van der Waals surface area contributed by atoms with Gasteiger partial charge >= 0.3 is 12.3 Å². The smallest absolute Gasteiger partial charge is 0.410 e. The SMILES string of the molecule is CCOC(=O)N1CCN(C(=O)c2cc3n(n2)[C@@H](C(F)(F)F)C[C@@H](c2ccc(OC)cc2)N3)CC1. The van der Waals surface area contributed by atoms with Crippen molar-refractivity contribution in [2.75, 3.05) is 45.2 Å². The van der Waals surface area contributed by atoms with Crippen molar-refractivity contribution in [2.45, 2.75) is 31.6 Å². The average Bonchev–Trinajstić information content (AvgIpc) is 3.26. The number of aromatic nitrogens is 2. The number of anilines is 1. The van der Waals surface area contributed by atoms with Crippen LogP contribution in [0.1, 0.15) is 41.5 Å². The summed E-state index contributed by atoms with van der Waals surface area (Å²) in [5, 5.41) is 7.12. The van der Waals surface area contributed by atoms with Crippen LogP contribution in [0.3, 0.4) is 0 Å². The number of amides is 2. The molecule has 1 aromatic carbocycles. The molecule has 2 aliphatic heterocycles. The van der Waals surface area contributed by atoms with Gasteiger partial charge in [0.2, 0.25) is 0 Å². The van der Waals surface area contributed by atoms with Crippen LogP contribution in [-0.4, -0.2) is 77.7 Å². The highest BCUT2D eigenvalue weighted by molar-refractivity contribution is 5.93. The molecule has 0 unspecified atom stereocenters. The summed E-state index contributed by atoms with van der Waals surface area (Å²) >= 11 is 0. The maximum absolute atomic E-state index is 13.9. The highest BCUT2D eigenvalue weighted by atomic mass is 19.4. The Morgan fingerprint density at radius 1 is 1.12 bits per heavy atom. The molecular formula is C22H26F3N5O4. The molecule has 184 valence electrons. The molecule has 0 saturated carbocycles. The third-order valence-corrected chi connectivity index (χ3v) is 6.02. The van der Waals surface area contributed by atoms with Gasteiger partial charge in [-0.15, -0.1) is 0 Å². The summed E-state index contributed by atoms with van der Waals surface area (Å²) in [6, 6.07) is 5.67. The largest absolute Gasteiger partial charge is 0.497 e. The van der Waals surface area contributed by atoms with Crippen molar-refractivity contribution in [1.29, 1.82) is 0 Å². The summed E-state index contributed by atoms with van der Waals surface area (Å²) in [4.78, 5) is 27.8. The number of methoxy groups -OCH3 is 1. The van der Waals surface area contributed by atoms with E-state index in [1.165, 1.54) is 23.0 Å². The van der Waals surface area contributed by atoms with Crippen LogP contribution in [0.5, 0.6) is 5.75 Å². The Hall–Kier alpha value is -3.44. The fourth-order valence-corrected chi connectivity index (χ4v) is 4.20. The first-order valence-electron chi connectivity index (χ1n) is 11.0. The number of hydrogen-bond acceptors (Lipinski definition) is 6. The molecule has 1 fully saturated rings. The number of piperazine rings is 1. The van der Waals surface area contributed by atoms with E-state index in [1.54, 1.807) is 31.2 Å². The number of carbonyl (C=O) groups is 2. The molecule has 2 atom stereocenters. The van der Waals surface area contributed by atoms with Crippen molar-refractivity contribution in [3.8, 4) is 5.75 Å². The van der Waals surface area contributed by atoms with Gasteiger partial charge in [0.1, 0.15) is 11.6 Å². The fraction of sp³-hybridized carbons (Fsp3) is 0.500. The Morgan fingerprint density at radius 3 is 2.35 bits per heavy atom. The van der Waals surface area contributed by atoms with Crippen molar-refractivity contribution in [3.63, 3.8) is 0 Å². The van der Waals surface area contributed by atoms with E-state index in [-0.39, 0.29) is 50.7 Å². The molecule has 0 spiro atoms. The molecule has 34 heavy (non-hydrogen) atoms. The van der Waals surface area contributed by atoms with Crippen molar-refractivity contribution in [2.24, 2.45) is 0 Å². The van der Waals surface area contributed by atoms with Gasteiger partial charge in [0.15, 0.2) is 11.7 Å². The minimum Gasteiger partial charge on any atom is -0.497 e. The number of carbonyl (C=O) groups excluding carboxylic acids is 2. The van der Waals surface area contributed by atoms with Crippen LogP contribution in [0, 0.1) is 0 Å². The molecule has 3 heterocycles. The Bertz CT molecular complexity index is 1030. The van der Waals surface area contributed by atoms with Gasteiger partial charge < -0.3 is 24.6 Å².